The number of carbonyl (C=O) groups excluding carboxylic acids is 2. The van der Waals surface area contributed by atoms with Crippen LogP contribution in [0.1, 0.15) is 26.5 Å². The maximum absolute atomic E-state index is 12.0. The van der Waals surface area contributed by atoms with Crippen molar-refractivity contribution in [2.45, 2.75) is 0 Å². The third-order valence-corrected chi connectivity index (χ3v) is 3.40. The lowest BCUT2D eigenvalue weighted by atomic mass is 10.2. The molecule has 0 spiro atoms. The zero-order valence-corrected chi connectivity index (χ0v) is 13.6. The first-order valence-corrected chi connectivity index (χ1v) is 7.67. The molecular formula is C19H15N3O4. The number of rotatable bonds is 5. The fourth-order valence-corrected chi connectivity index (χ4v) is 2.10. The summed E-state index contributed by atoms with van der Waals surface area (Å²) in [5.74, 6) is -0.490. The predicted molar refractivity (Wildman–Crippen MR) is 96.0 cm³/mol. The Bertz CT molecular complexity index is 932. The van der Waals surface area contributed by atoms with E-state index in [9.17, 15) is 9.59 Å². The minimum atomic E-state index is -0.580. The summed E-state index contributed by atoms with van der Waals surface area (Å²) in [6.07, 6.45) is 2.86. The Labute approximate surface area is 149 Å². The Balaban J connectivity index is 1.57. The minimum absolute atomic E-state index is 0.124. The normalized spacial score (nSPS) is 10.6. The number of nitrogens with zero attached hydrogens (tertiary/aromatic N) is 1. The van der Waals surface area contributed by atoms with Crippen LogP contribution >= 0.6 is 0 Å². The first kappa shape index (κ1) is 17.0. The number of furan rings is 1. The molecule has 0 atom stereocenters. The molecule has 0 saturated heterocycles. The van der Waals surface area contributed by atoms with E-state index in [-0.39, 0.29) is 5.76 Å². The number of para-hydroxylation sites is 1. The van der Waals surface area contributed by atoms with Gasteiger partial charge in [0.05, 0.1) is 18.0 Å². The number of ether oxygens (including phenoxy) is 1. The van der Waals surface area contributed by atoms with E-state index >= 15 is 0 Å². The van der Waals surface area contributed by atoms with Crippen molar-refractivity contribution in [2.75, 3.05) is 5.73 Å². The number of nitrogen functional groups attached to an aromatic ring is 1. The Morgan fingerprint density at radius 3 is 2.50 bits per heavy atom. The molecule has 0 aliphatic rings. The van der Waals surface area contributed by atoms with Crippen LogP contribution in [0.3, 0.4) is 0 Å². The smallest absolute Gasteiger partial charge is 0.379 e. The van der Waals surface area contributed by atoms with Crippen LogP contribution in [-0.4, -0.2) is 18.1 Å². The molecule has 0 aliphatic heterocycles. The maximum Gasteiger partial charge on any atom is 0.379 e. The molecule has 26 heavy (non-hydrogen) atoms. The number of carbonyl (C=O) groups is 2. The molecule has 3 rings (SSSR count). The molecule has 1 amide bonds. The van der Waals surface area contributed by atoms with E-state index in [4.69, 9.17) is 14.9 Å². The second-order valence-electron chi connectivity index (χ2n) is 5.22. The molecule has 0 fully saturated rings. The van der Waals surface area contributed by atoms with Gasteiger partial charge in [-0.05, 0) is 54.1 Å². The molecule has 130 valence electrons. The average Bonchev–Trinajstić information content (AvgIpc) is 3.18. The van der Waals surface area contributed by atoms with Crippen LogP contribution < -0.4 is 15.9 Å². The molecule has 1 heterocycles. The quantitative estimate of drug-likeness (QED) is 0.242. The largest absolute Gasteiger partial charge is 0.457 e. The number of hydrogen-bond donors (Lipinski definition) is 2. The topological polar surface area (TPSA) is 107 Å². The van der Waals surface area contributed by atoms with Crippen molar-refractivity contribution in [2.24, 2.45) is 5.10 Å². The Kier molecular flexibility index (Phi) is 5.09. The molecule has 0 aliphatic carbocycles. The van der Waals surface area contributed by atoms with E-state index < -0.39 is 11.9 Å². The number of hydrazone groups is 1. The van der Waals surface area contributed by atoms with E-state index in [0.29, 0.717) is 22.6 Å². The highest BCUT2D eigenvalue weighted by atomic mass is 16.5. The van der Waals surface area contributed by atoms with Crippen LogP contribution in [0.2, 0.25) is 0 Å². The van der Waals surface area contributed by atoms with Crippen molar-refractivity contribution in [3.63, 3.8) is 0 Å². The van der Waals surface area contributed by atoms with Crippen LogP contribution in [0.15, 0.2) is 76.4 Å². The lowest BCUT2D eigenvalue weighted by Crippen LogP contribution is -2.18. The summed E-state index contributed by atoms with van der Waals surface area (Å²) in [6.45, 7) is 0. The van der Waals surface area contributed by atoms with Crippen molar-refractivity contribution in [3.8, 4) is 5.75 Å². The van der Waals surface area contributed by atoms with Crippen molar-refractivity contribution in [3.05, 3.63) is 83.8 Å². The summed E-state index contributed by atoms with van der Waals surface area (Å²) in [4.78, 5) is 23.7. The van der Waals surface area contributed by atoms with Crippen molar-refractivity contribution in [1.29, 1.82) is 0 Å². The molecule has 7 heteroatoms. The monoisotopic (exact) mass is 349 g/mol. The number of hydrogen-bond acceptors (Lipinski definition) is 6. The number of anilines is 1. The minimum Gasteiger partial charge on any atom is -0.457 e. The molecule has 0 unspecified atom stereocenters. The van der Waals surface area contributed by atoms with E-state index in [1.54, 1.807) is 54.6 Å². The Hall–Kier alpha value is -3.87. The summed E-state index contributed by atoms with van der Waals surface area (Å²) in [7, 11) is 0. The first-order valence-electron chi connectivity index (χ1n) is 7.67. The van der Waals surface area contributed by atoms with Gasteiger partial charge in [0.25, 0.3) is 5.91 Å². The number of benzene rings is 2. The molecule has 0 radical (unpaired) electrons. The van der Waals surface area contributed by atoms with Crippen LogP contribution in [-0.2, 0) is 0 Å². The lowest BCUT2D eigenvalue weighted by molar-refractivity contribution is 0.0701. The Morgan fingerprint density at radius 2 is 1.81 bits per heavy atom. The molecule has 7 nitrogen and oxygen atoms in total. The van der Waals surface area contributed by atoms with Gasteiger partial charge in [0.1, 0.15) is 5.75 Å². The second kappa shape index (κ2) is 7.80. The number of nitrogens with two attached hydrogens (primary N) is 1. The van der Waals surface area contributed by atoms with E-state index in [1.807, 2.05) is 0 Å². The molecule has 3 N–H and O–H groups in total. The van der Waals surface area contributed by atoms with E-state index in [0.717, 1.165) is 0 Å². The van der Waals surface area contributed by atoms with Crippen LogP contribution in [0.4, 0.5) is 5.69 Å². The summed E-state index contributed by atoms with van der Waals surface area (Å²) in [6, 6.07) is 16.4. The molecule has 3 aromatic rings. The summed E-state index contributed by atoms with van der Waals surface area (Å²) < 4.78 is 10.1. The third-order valence-electron chi connectivity index (χ3n) is 3.40. The van der Waals surface area contributed by atoms with Crippen LogP contribution in [0.25, 0.3) is 0 Å². The van der Waals surface area contributed by atoms with Crippen molar-refractivity contribution < 1.29 is 18.7 Å². The summed E-state index contributed by atoms with van der Waals surface area (Å²) >= 11 is 0. The van der Waals surface area contributed by atoms with Gasteiger partial charge in [-0.15, -0.1) is 0 Å². The lowest BCUT2D eigenvalue weighted by Gasteiger charge is -2.03. The molecule has 1 aromatic heterocycles. The predicted octanol–water partition coefficient (Wildman–Crippen LogP) is 2.84. The summed E-state index contributed by atoms with van der Waals surface area (Å²) in [5.41, 5.74) is 9.58. The number of esters is 1. The zero-order chi connectivity index (χ0) is 18.4. The molecule has 0 saturated carbocycles. The van der Waals surface area contributed by atoms with Crippen LogP contribution in [0, 0.1) is 0 Å². The van der Waals surface area contributed by atoms with E-state index in [2.05, 4.69) is 10.5 Å². The highest BCUT2D eigenvalue weighted by Gasteiger charge is 2.11. The third kappa shape index (κ3) is 4.15. The van der Waals surface area contributed by atoms with Gasteiger partial charge in [0.2, 0.25) is 5.76 Å². The fourth-order valence-electron chi connectivity index (χ4n) is 2.10. The van der Waals surface area contributed by atoms with Gasteiger partial charge in [-0.1, -0.05) is 12.1 Å². The van der Waals surface area contributed by atoms with E-state index in [1.165, 1.54) is 18.5 Å². The standard InChI is InChI=1S/C19H15N3O4/c20-16-5-2-1-4-15(16)18(23)22-21-12-13-7-9-14(10-8-13)26-19(24)17-6-3-11-25-17/h1-12H,20H2,(H,22,23)/b21-12+. The van der Waals surface area contributed by atoms with Gasteiger partial charge >= 0.3 is 5.97 Å². The molecule has 0 bridgehead atoms. The van der Waals surface area contributed by atoms with Gasteiger partial charge in [0, 0.05) is 5.69 Å². The fraction of sp³-hybridized carbons (Fsp3) is 0. The maximum atomic E-state index is 12.0. The number of amides is 1. The SMILES string of the molecule is Nc1ccccc1C(=O)N/N=C/c1ccc(OC(=O)c2ccco2)cc1. The highest BCUT2D eigenvalue weighted by Crippen LogP contribution is 2.14. The molecular weight excluding hydrogens is 334 g/mol. The van der Waals surface area contributed by atoms with Gasteiger partial charge in [-0.25, -0.2) is 10.2 Å². The molecule has 2 aromatic carbocycles. The van der Waals surface area contributed by atoms with Crippen molar-refractivity contribution in [1.82, 2.24) is 5.43 Å². The van der Waals surface area contributed by atoms with Gasteiger partial charge in [-0.3, -0.25) is 4.79 Å². The zero-order valence-electron chi connectivity index (χ0n) is 13.6. The highest BCUT2D eigenvalue weighted by molar-refractivity contribution is 5.99. The van der Waals surface area contributed by atoms with Gasteiger partial charge in [0.15, 0.2) is 0 Å². The Morgan fingerprint density at radius 1 is 1.04 bits per heavy atom. The van der Waals surface area contributed by atoms with Crippen molar-refractivity contribution >= 4 is 23.8 Å². The van der Waals surface area contributed by atoms with Crippen LogP contribution in [0.5, 0.6) is 5.75 Å². The average molecular weight is 349 g/mol. The number of nitrogens with one attached hydrogen (secondary N) is 1. The van der Waals surface area contributed by atoms with Gasteiger partial charge in [-0.2, -0.15) is 5.10 Å². The summed E-state index contributed by atoms with van der Waals surface area (Å²) in [5, 5.41) is 3.89. The second-order valence-corrected chi connectivity index (χ2v) is 5.22. The first-order chi connectivity index (χ1) is 12.6. The van der Waals surface area contributed by atoms with Gasteiger partial charge < -0.3 is 14.9 Å².